The molecule has 160 valence electrons. The molecule has 0 spiro atoms. The molecule has 0 saturated carbocycles. The number of carbonyl (C=O) groups excluding carboxylic acids is 2. The summed E-state index contributed by atoms with van der Waals surface area (Å²) >= 11 is 0. The second-order valence-electron chi connectivity index (χ2n) is 7.42. The molecular formula is C20H29N3O5S. The third kappa shape index (κ3) is 6.01. The number of amides is 2. The predicted octanol–water partition coefficient (Wildman–Crippen LogP) is 1.12. The zero-order valence-corrected chi connectivity index (χ0v) is 17.5. The van der Waals surface area contributed by atoms with Crippen LogP contribution in [0.3, 0.4) is 0 Å². The average Bonchev–Trinajstić information content (AvgIpc) is 2.73. The van der Waals surface area contributed by atoms with Crippen LogP contribution in [0.15, 0.2) is 29.2 Å². The summed E-state index contributed by atoms with van der Waals surface area (Å²) in [6.45, 7) is 2.51. The zero-order valence-electron chi connectivity index (χ0n) is 16.6. The van der Waals surface area contributed by atoms with Gasteiger partial charge in [0.2, 0.25) is 21.8 Å². The highest BCUT2D eigenvalue weighted by atomic mass is 32.2. The summed E-state index contributed by atoms with van der Waals surface area (Å²) in [6.07, 6.45) is 4.48. The Balaban J connectivity index is 1.51. The highest BCUT2D eigenvalue weighted by Gasteiger charge is 2.26. The van der Waals surface area contributed by atoms with Crippen molar-refractivity contribution in [3.63, 3.8) is 0 Å². The summed E-state index contributed by atoms with van der Waals surface area (Å²) in [4.78, 5) is 26.2. The standard InChI is InChI=1S/C20H29N3O5S/c24-19(16-22-10-4-2-1-3-5-20(22)25)21-15-17-6-8-18(9-7-17)29(26,27)23-11-13-28-14-12-23/h6-9H,1-5,10-16H2,(H,21,24). The van der Waals surface area contributed by atoms with Gasteiger partial charge in [0.15, 0.2) is 0 Å². The fraction of sp³-hybridized carbons (Fsp3) is 0.600. The Morgan fingerprint density at radius 3 is 2.41 bits per heavy atom. The molecule has 2 heterocycles. The van der Waals surface area contributed by atoms with E-state index < -0.39 is 10.0 Å². The molecule has 9 heteroatoms. The number of nitrogens with zero attached hydrogens (tertiary/aromatic N) is 2. The van der Waals surface area contributed by atoms with E-state index in [1.165, 1.54) is 4.31 Å². The Labute approximate surface area is 172 Å². The van der Waals surface area contributed by atoms with Crippen LogP contribution in [-0.4, -0.2) is 68.8 Å². The van der Waals surface area contributed by atoms with E-state index in [0.29, 0.717) is 45.8 Å². The van der Waals surface area contributed by atoms with E-state index in [-0.39, 0.29) is 23.3 Å². The predicted molar refractivity (Wildman–Crippen MR) is 108 cm³/mol. The lowest BCUT2D eigenvalue weighted by Crippen LogP contribution is -2.41. The Bertz CT molecular complexity index is 804. The van der Waals surface area contributed by atoms with Crippen LogP contribution in [0.4, 0.5) is 0 Å². The van der Waals surface area contributed by atoms with Gasteiger partial charge in [-0.2, -0.15) is 4.31 Å². The van der Waals surface area contributed by atoms with E-state index in [2.05, 4.69) is 5.32 Å². The fourth-order valence-corrected chi connectivity index (χ4v) is 4.94. The Kier molecular flexibility index (Phi) is 7.63. The van der Waals surface area contributed by atoms with Gasteiger partial charge in [0.05, 0.1) is 24.7 Å². The quantitative estimate of drug-likeness (QED) is 0.740. The first-order chi connectivity index (χ1) is 14.0. The summed E-state index contributed by atoms with van der Waals surface area (Å²) in [5.74, 6) is -0.165. The fourth-order valence-electron chi connectivity index (χ4n) is 3.53. The van der Waals surface area contributed by atoms with Crippen LogP contribution in [0.1, 0.15) is 37.7 Å². The lowest BCUT2D eigenvalue weighted by molar-refractivity contribution is -0.136. The first kappa shape index (κ1) is 21.7. The van der Waals surface area contributed by atoms with Gasteiger partial charge in [-0.15, -0.1) is 0 Å². The van der Waals surface area contributed by atoms with E-state index >= 15 is 0 Å². The largest absolute Gasteiger partial charge is 0.379 e. The third-order valence-electron chi connectivity index (χ3n) is 5.28. The first-order valence-corrected chi connectivity index (χ1v) is 11.6. The zero-order chi connectivity index (χ0) is 20.7. The monoisotopic (exact) mass is 423 g/mol. The molecular weight excluding hydrogens is 394 g/mol. The number of benzene rings is 1. The molecule has 2 aliphatic rings. The lowest BCUT2D eigenvalue weighted by atomic mass is 10.1. The summed E-state index contributed by atoms with van der Waals surface area (Å²) in [6, 6.07) is 6.53. The minimum absolute atomic E-state index is 0.0394. The molecule has 2 saturated heterocycles. The average molecular weight is 424 g/mol. The molecule has 0 aromatic heterocycles. The van der Waals surface area contributed by atoms with Gasteiger partial charge in [-0.1, -0.05) is 25.0 Å². The molecule has 0 unspecified atom stereocenters. The maximum absolute atomic E-state index is 12.6. The number of nitrogens with one attached hydrogen (secondary N) is 1. The van der Waals surface area contributed by atoms with Gasteiger partial charge < -0.3 is 15.0 Å². The maximum atomic E-state index is 12.6. The van der Waals surface area contributed by atoms with Crippen molar-refractivity contribution in [3.8, 4) is 0 Å². The van der Waals surface area contributed by atoms with E-state index in [0.717, 1.165) is 31.2 Å². The SMILES string of the molecule is O=C(CN1CCCCCCC1=O)NCc1ccc(S(=O)(=O)N2CCOCC2)cc1. The number of rotatable bonds is 6. The molecule has 0 radical (unpaired) electrons. The van der Waals surface area contributed by atoms with Crippen LogP contribution in [0, 0.1) is 0 Å². The van der Waals surface area contributed by atoms with Gasteiger partial charge in [0.25, 0.3) is 0 Å². The van der Waals surface area contributed by atoms with Gasteiger partial charge >= 0.3 is 0 Å². The van der Waals surface area contributed by atoms with E-state index in [1.807, 2.05) is 0 Å². The topological polar surface area (TPSA) is 96.0 Å². The van der Waals surface area contributed by atoms with Crippen molar-refractivity contribution >= 4 is 21.8 Å². The number of ether oxygens (including phenoxy) is 1. The third-order valence-corrected chi connectivity index (χ3v) is 7.19. The summed E-state index contributed by atoms with van der Waals surface area (Å²) in [5, 5.41) is 2.82. The molecule has 3 rings (SSSR count). The molecule has 2 aliphatic heterocycles. The molecule has 0 atom stereocenters. The molecule has 1 aromatic rings. The van der Waals surface area contributed by atoms with Crippen LogP contribution in [0.2, 0.25) is 0 Å². The number of hydrogen-bond donors (Lipinski definition) is 1. The smallest absolute Gasteiger partial charge is 0.243 e. The summed E-state index contributed by atoms with van der Waals surface area (Å²) in [5.41, 5.74) is 0.804. The van der Waals surface area contributed by atoms with Gasteiger partial charge in [-0.3, -0.25) is 9.59 Å². The Hall–Kier alpha value is -1.97. The normalized spacial score (nSPS) is 19.4. The molecule has 2 fully saturated rings. The van der Waals surface area contributed by atoms with Crippen molar-refractivity contribution in [2.45, 2.75) is 43.5 Å². The molecule has 2 amide bonds. The molecule has 0 aliphatic carbocycles. The minimum Gasteiger partial charge on any atom is -0.379 e. The van der Waals surface area contributed by atoms with Gasteiger partial charge in [-0.25, -0.2) is 8.42 Å². The lowest BCUT2D eigenvalue weighted by Gasteiger charge is -2.26. The number of hydrogen-bond acceptors (Lipinski definition) is 5. The van der Waals surface area contributed by atoms with E-state index in [4.69, 9.17) is 4.74 Å². The van der Waals surface area contributed by atoms with Crippen LogP contribution < -0.4 is 5.32 Å². The highest BCUT2D eigenvalue weighted by molar-refractivity contribution is 7.89. The Morgan fingerprint density at radius 2 is 1.69 bits per heavy atom. The number of likely N-dealkylation sites (tertiary alicyclic amines) is 1. The number of carbonyl (C=O) groups is 2. The molecule has 1 N–H and O–H groups in total. The summed E-state index contributed by atoms with van der Waals surface area (Å²) < 4.78 is 31.9. The van der Waals surface area contributed by atoms with Gasteiger partial charge in [0.1, 0.15) is 0 Å². The van der Waals surface area contributed by atoms with Crippen molar-refractivity contribution < 1.29 is 22.7 Å². The van der Waals surface area contributed by atoms with Crippen LogP contribution in [0.25, 0.3) is 0 Å². The van der Waals surface area contributed by atoms with Crippen molar-refractivity contribution in [3.05, 3.63) is 29.8 Å². The molecule has 29 heavy (non-hydrogen) atoms. The van der Waals surface area contributed by atoms with Crippen LogP contribution >= 0.6 is 0 Å². The molecule has 8 nitrogen and oxygen atoms in total. The van der Waals surface area contributed by atoms with Gasteiger partial charge in [-0.05, 0) is 30.5 Å². The van der Waals surface area contributed by atoms with E-state index in [1.54, 1.807) is 29.2 Å². The maximum Gasteiger partial charge on any atom is 0.243 e. The number of morpholine rings is 1. The van der Waals surface area contributed by atoms with Crippen molar-refractivity contribution in [1.82, 2.24) is 14.5 Å². The van der Waals surface area contributed by atoms with Crippen molar-refractivity contribution in [1.29, 1.82) is 0 Å². The summed E-state index contributed by atoms with van der Waals surface area (Å²) in [7, 11) is -3.52. The van der Waals surface area contributed by atoms with Crippen molar-refractivity contribution in [2.75, 3.05) is 39.4 Å². The Morgan fingerprint density at radius 1 is 1.00 bits per heavy atom. The first-order valence-electron chi connectivity index (χ1n) is 10.2. The second kappa shape index (κ2) is 10.2. The molecule has 1 aromatic carbocycles. The minimum atomic E-state index is -3.52. The highest BCUT2D eigenvalue weighted by Crippen LogP contribution is 2.18. The second-order valence-corrected chi connectivity index (χ2v) is 9.35. The van der Waals surface area contributed by atoms with Crippen LogP contribution in [0.5, 0.6) is 0 Å². The number of sulfonamides is 1. The molecule has 0 bridgehead atoms. The van der Waals surface area contributed by atoms with E-state index in [9.17, 15) is 18.0 Å². The van der Waals surface area contributed by atoms with Crippen molar-refractivity contribution in [2.24, 2.45) is 0 Å². The van der Waals surface area contributed by atoms with Crippen LogP contribution in [-0.2, 0) is 30.9 Å². The van der Waals surface area contributed by atoms with Gasteiger partial charge in [0, 0.05) is 32.6 Å².